The number of hydrogen-bond donors (Lipinski definition) is 0. The number of benzene rings is 1. The van der Waals surface area contributed by atoms with Crippen molar-refractivity contribution < 1.29 is 12.8 Å². The molecule has 0 fully saturated rings. The van der Waals surface area contributed by atoms with Gasteiger partial charge in [-0.2, -0.15) is 4.31 Å². The second-order valence-corrected chi connectivity index (χ2v) is 5.92. The largest absolute Gasteiger partial charge is 0.244 e. The van der Waals surface area contributed by atoms with Gasteiger partial charge < -0.3 is 0 Å². The highest BCUT2D eigenvalue weighted by molar-refractivity contribution is 9.10. The first-order valence-corrected chi connectivity index (χ1v) is 7.12. The van der Waals surface area contributed by atoms with Crippen molar-refractivity contribution in [3.05, 3.63) is 28.5 Å². The second-order valence-electron chi connectivity index (χ2n) is 3.16. The van der Waals surface area contributed by atoms with Gasteiger partial charge in [0.2, 0.25) is 10.0 Å². The van der Waals surface area contributed by atoms with E-state index in [0.29, 0.717) is 13.1 Å². The Morgan fingerprint density at radius 1 is 1.31 bits per heavy atom. The van der Waals surface area contributed by atoms with Crippen molar-refractivity contribution in [1.82, 2.24) is 4.31 Å². The van der Waals surface area contributed by atoms with Gasteiger partial charge in [0.25, 0.3) is 0 Å². The van der Waals surface area contributed by atoms with Crippen LogP contribution in [0.5, 0.6) is 0 Å². The van der Waals surface area contributed by atoms with Crippen molar-refractivity contribution in [1.29, 1.82) is 0 Å². The summed E-state index contributed by atoms with van der Waals surface area (Å²) in [5, 5.41) is 0. The molecule has 0 heterocycles. The molecule has 0 unspecified atom stereocenters. The van der Waals surface area contributed by atoms with Crippen LogP contribution in [0, 0.1) is 5.82 Å². The van der Waals surface area contributed by atoms with E-state index >= 15 is 0 Å². The summed E-state index contributed by atoms with van der Waals surface area (Å²) < 4.78 is 38.6. The SMILES string of the molecule is CCN(CC)S(=O)(=O)c1ccc(F)cc1Br. The third-order valence-electron chi connectivity index (χ3n) is 2.22. The van der Waals surface area contributed by atoms with Crippen LogP contribution in [0.4, 0.5) is 4.39 Å². The summed E-state index contributed by atoms with van der Waals surface area (Å²) >= 11 is 3.06. The van der Waals surface area contributed by atoms with Gasteiger partial charge in [-0.3, -0.25) is 0 Å². The number of halogens is 2. The number of nitrogens with zero attached hydrogens (tertiary/aromatic N) is 1. The maximum atomic E-state index is 12.9. The van der Waals surface area contributed by atoms with Gasteiger partial charge in [-0.15, -0.1) is 0 Å². The van der Waals surface area contributed by atoms with Crippen LogP contribution < -0.4 is 0 Å². The molecule has 0 aliphatic carbocycles. The average molecular weight is 310 g/mol. The van der Waals surface area contributed by atoms with Gasteiger partial charge in [-0.05, 0) is 34.1 Å². The lowest BCUT2D eigenvalue weighted by Crippen LogP contribution is -2.30. The minimum Gasteiger partial charge on any atom is -0.207 e. The molecule has 0 aliphatic heterocycles. The van der Waals surface area contributed by atoms with E-state index in [1.807, 2.05) is 0 Å². The summed E-state index contributed by atoms with van der Waals surface area (Å²) in [5.41, 5.74) is 0. The van der Waals surface area contributed by atoms with Crippen LogP contribution in [0.2, 0.25) is 0 Å². The van der Waals surface area contributed by atoms with Crippen LogP contribution in [-0.4, -0.2) is 25.8 Å². The Hall–Kier alpha value is -0.460. The first-order valence-electron chi connectivity index (χ1n) is 4.88. The summed E-state index contributed by atoms with van der Waals surface area (Å²) in [5.74, 6) is -0.467. The summed E-state index contributed by atoms with van der Waals surface area (Å²) in [7, 11) is -3.53. The molecule has 1 aromatic carbocycles. The van der Waals surface area contributed by atoms with Crippen LogP contribution in [0.1, 0.15) is 13.8 Å². The normalized spacial score (nSPS) is 12.1. The zero-order valence-electron chi connectivity index (χ0n) is 9.07. The molecular formula is C10H13BrFNO2S. The molecule has 0 aliphatic rings. The topological polar surface area (TPSA) is 37.4 Å². The molecule has 0 amide bonds. The minimum atomic E-state index is -3.53. The lowest BCUT2D eigenvalue weighted by atomic mass is 10.3. The molecule has 0 spiro atoms. The standard InChI is InChI=1S/C10H13BrFNO2S/c1-3-13(4-2)16(14,15)10-6-5-8(12)7-9(10)11/h5-7H,3-4H2,1-2H3. The molecule has 0 N–H and O–H groups in total. The van der Waals surface area contributed by atoms with Gasteiger partial charge >= 0.3 is 0 Å². The van der Waals surface area contributed by atoms with Gasteiger partial charge in [0, 0.05) is 17.6 Å². The van der Waals surface area contributed by atoms with Crippen molar-refractivity contribution in [2.75, 3.05) is 13.1 Å². The van der Waals surface area contributed by atoms with Gasteiger partial charge in [0.15, 0.2) is 0 Å². The molecule has 3 nitrogen and oxygen atoms in total. The maximum Gasteiger partial charge on any atom is 0.244 e. The van der Waals surface area contributed by atoms with Gasteiger partial charge in [-0.25, -0.2) is 12.8 Å². The summed E-state index contributed by atoms with van der Waals surface area (Å²) in [6, 6.07) is 3.56. The third-order valence-corrected chi connectivity index (χ3v) is 5.24. The fourth-order valence-corrected chi connectivity index (χ4v) is 3.85. The summed E-state index contributed by atoms with van der Waals surface area (Å²) in [6.07, 6.45) is 0. The van der Waals surface area contributed by atoms with Crippen LogP contribution in [0.3, 0.4) is 0 Å². The Labute approximate surface area is 103 Å². The fraction of sp³-hybridized carbons (Fsp3) is 0.400. The van der Waals surface area contributed by atoms with Gasteiger partial charge in [0.1, 0.15) is 5.82 Å². The van der Waals surface area contributed by atoms with Gasteiger partial charge in [-0.1, -0.05) is 13.8 Å². The van der Waals surface area contributed by atoms with E-state index in [-0.39, 0.29) is 9.37 Å². The Morgan fingerprint density at radius 2 is 1.88 bits per heavy atom. The highest BCUT2D eigenvalue weighted by Crippen LogP contribution is 2.25. The van der Waals surface area contributed by atoms with Crippen LogP contribution >= 0.6 is 15.9 Å². The number of hydrogen-bond acceptors (Lipinski definition) is 2. The van der Waals surface area contributed by atoms with E-state index < -0.39 is 15.8 Å². The lowest BCUT2D eigenvalue weighted by Gasteiger charge is -2.19. The molecule has 6 heteroatoms. The molecule has 0 radical (unpaired) electrons. The number of sulfonamides is 1. The molecule has 0 aromatic heterocycles. The molecule has 0 saturated carbocycles. The second kappa shape index (κ2) is 5.25. The van der Waals surface area contributed by atoms with E-state index in [4.69, 9.17) is 0 Å². The molecular weight excluding hydrogens is 297 g/mol. The predicted molar refractivity (Wildman–Crippen MR) is 64.2 cm³/mol. The Morgan fingerprint density at radius 3 is 2.31 bits per heavy atom. The Kier molecular flexibility index (Phi) is 4.46. The lowest BCUT2D eigenvalue weighted by molar-refractivity contribution is 0.444. The predicted octanol–water partition coefficient (Wildman–Crippen LogP) is 2.62. The highest BCUT2D eigenvalue weighted by atomic mass is 79.9. The van der Waals surface area contributed by atoms with Crippen molar-refractivity contribution in [2.24, 2.45) is 0 Å². The van der Waals surface area contributed by atoms with Gasteiger partial charge in [0.05, 0.1) is 4.90 Å². The smallest absolute Gasteiger partial charge is 0.207 e. The molecule has 0 bridgehead atoms. The third kappa shape index (κ3) is 2.61. The molecule has 16 heavy (non-hydrogen) atoms. The van der Waals surface area contributed by atoms with Crippen molar-refractivity contribution in [3.8, 4) is 0 Å². The minimum absolute atomic E-state index is 0.0950. The zero-order valence-corrected chi connectivity index (χ0v) is 11.5. The summed E-state index contributed by atoms with van der Waals surface area (Å²) in [4.78, 5) is 0.0950. The Balaban J connectivity index is 3.27. The molecule has 90 valence electrons. The maximum absolute atomic E-state index is 12.9. The quantitative estimate of drug-likeness (QED) is 0.857. The monoisotopic (exact) mass is 309 g/mol. The fourth-order valence-electron chi connectivity index (χ4n) is 1.39. The average Bonchev–Trinajstić information content (AvgIpc) is 2.18. The van der Waals surface area contributed by atoms with Crippen molar-refractivity contribution in [3.63, 3.8) is 0 Å². The molecule has 1 aromatic rings. The zero-order chi connectivity index (χ0) is 12.3. The first-order chi connectivity index (χ1) is 7.43. The highest BCUT2D eigenvalue weighted by Gasteiger charge is 2.23. The molecule has 1 rings (SSSR count). The van der Waals surface area contributed by atoms with Crippen molar-refractivity contribution >= 4 is 26.0 Å². The van der Waals surface area contributed by atoms with E-state index in [1.165, 1.54) is 10.4 Å². The van der Waals surface area contributed by atoms with Crippen molar-refractivity contribution in [2.45, 2.75) is 18.7 Å². The Bertz CT molecular complexity index is 472. The van der Waals surface area contributed by atoms with E-state index in [0.717, 1.165) is 12.1 Å². The van der Waals surface area contributed by atoms with Crippen LogP contribution in [-0.2, 0) is 10.0 Å². The van der Waals surface area contributed by atoms with E-state index in [9.17, 15) is 12.8 Å². The summed E-state index contributed by atoms with van der Waals surface area (Å²) in [6.45, 7) is 4.31. The van der Waals surface area contributed by atoms with Crippen LogP contribution in [0.25, 0.3) is 0 Å². The molecule has 0 saturated heterocycles. The van der Waals surface area contributed by atoms with E-state index in [1.54, 1.807) is 13.8 Å². The molecule has 0 atom stereocenters. The first kappa shape index (κ1) is 13.6. The van der Waals surface area contributed by atoms with Crippen LogP contribution in [0.15, 0.2) is 27.6 Å². The number of rotatable bonds is 4. The van der Waals surface area contributed by atoms with E-state index in [2.05, 4.69) is 15.9 Å².